The monoisotopic (exact) mass is 941 g/mol. The van der Waals surface area contributed by atoms with E-state index in [1.54, 1.807) is 0 Å². The van der Waals surface area contributed by atoms with Gasteiger partial charge in [0.1, 0.15) is 13.2 Å². The molecule has 0 rings (SSSR count). The molecule has 0 aliphatic rings. The minimum Gasteiger partial charge on any atom is -0.462 e. The van der Waals surface area contributed by atoms with Crippen LogP contribution in [0.25, 0.3) is 0 Å². The smallest absolute Gasteiger partial charge is 0.306 e. The van der Waals surface area contributed by atoms with Crippen LogP contribution < -0.4 is 0 Å². The summed E-state index contributed by atoms with van der Waals surface area (Å²) < 4.78 is 16.9. The van der Waals surface area contributed by atoms with Crippen LogP contribution in [-0.4, -0.2) is 37.2 Å². The van der Waals surface area contributed by atoms with E-state index >= 15 is 0 Å². The van der Waals surface area contributed by atoms with Crippen molar-refractivity contribution < 1.29 is 28.6 Å². The highest BCUT2D eigenvalue weighted by Crippen LogP contribution is 2.16. The highest BCUT2D eigenvalue weighted by molar-refractivity contribution is 5.71. The van der Waals surface area contributed by atoms with Crippen molar-refractivity contribution >= 4 is 17.9 Å². The average Bonchev–Trinajstić information content (AvgIpc) is 3.33. The van der Waals surface area contributed by atoms with Gasteiger partial charge < -0.3 is 14.2 Å². The second-order valence-corrected chi connectivity index (χ2v) is 19.9. The molecule has 0 radical (unpaired) electrons. The Morgan fingerprint density at radius 1 is 0.299 bits per heavy atom. The van der Waals surface area contributed by atoms with Crippen molar-refractivity contribution in [1.82, 2.24) is 0 Å². The topological polar surface area (TPSA) is 78.9 Å². The summed E-state index contributed by atoms with van der Waals surface area (Å²) in [5.41, 5.74) is 0. The number of unbranched alkanes of at least 4 members (excludes halogenated alkanes) is 38. The molecule has 0 aromatic rings. The van der Waals surface area contributed by atoms with E-state index in [-0.39, 0.29) is 31.1 Å². The number of carbonyl (C=O) groups is 3. The van der Waals surface area contributed by atoms with E-state index < -0.39 is 6.10 Å². The Hall–Kier alpha value is -2.37. The third-order valence-corrected chi connectivity index (χ3v) is 13.1. The summed E-state index contributed by atoms with van der Waals surface area (Å²) in [4.78, 5) is 38.2. The van der Waals surface area contributed by atoms with Crippen LogP contribution >= 0.6 is 0 Å². The van der Waals surface area contributed by atoms with Gasteiger partial charge in [-0.25, -0.2) is 0 Å². The zero-order valence-electron chi connectivity index (χ0n) is 44.9. The molecule has 6 heteroatoms. The highest BCUT2D eigenvalue weighted by Gasteiger charge is 2.19. The zero-order valence-corrected chi connectivity index (χ0v) is 44.9. The maximum atomic E-state index is 12.9. The van der Waals surface area contributed by atoms with Gasteiger partial charge >= 0.3 is 17.9 Å². The van der Waals surface area contributed by atoms with E-state index in [0.717, 1.165) is 70.6 Å². The van der Waals surface area contributed by atoms with Crippen LogP contribution in [0.2, 0.25) is 0 Å². The fourth-order valence-corrected chi connectivity index (χ4v) is 8.67. The Balaban J connectivity index is 4.36. The Morgan fingerprint density at radius 2 is 0.537 bits per heavy atom. The van der Waals surface area contributed by atoms with Gasteiger partial charge in [0, 0.05) is 19.3 Å². The highest BCUT2D eigenvalue weighted by atomic mass is 16.6. The molecule has 0 aliphatic carbocycles. The first kappa shape index (κ1) is 64.6. The first-order chi connectivity index (χ1) is 33.0. The van der Waals surface area contributed by atoms with Gasteiger partial charge in [0.2, 0.25) is 0 Å². The zero-order chi connectivity index (χ0) is 48.6. The van der Waals surface area contributed by atoms with Crippen LogP contribution in [0.5, 0.6) is 0 Å². The standard InChI is InChI=1S/C61H112O6/c1-4-7-10-13-16-19-22-25-28-30-31-34-36-39-42-45-48-51-54-60(63)66-57-58(56-65-59(62)53-50-47-44-41-38-35-32-27-24-21-18-15-12-9-6-3)67-61(64)55-52-49-46-43-40-37-33-29-26-23-20-17-14-11-8-5-2/h18,21,24,27,31,34,58H,4-17,19-20,22-23,25-26,28-30,32-33,35-57H2,1-3H3/b21-18-,27-24-,34-31-. The summed E-state index contributed by atoms with van der Waals surface area (Å²) >= 11 is 0. The lowest BCUT2D eigenvalue weighted by Gasteiger charge is -2.18. The molecule has 392 valence electrons. The lowest BCUT2D eigenvalue weighted by molar-refractivity contribution is -0.167. The minimum absolute atomic E-state index is 0.0768. The number of carbonyl (C=O) groups excluding carboxylic acids is 3. The number of esters is 3. The molecule has 0 aromatic carbocycles. The first-order valence-electron chi connectivity index (χ1n) is 29.5. The maximum Gasteiger partial charge on any atom is 0.306 e. The first-order valence-corrected chi connectivity index (χ1v) is 29.5. The number of hydrogen-bond donors (Lipinski definition) is 0. The summed E-state index contributed by atoms with van der Waals surface area (Å²) in [5.74, 6) is -0.877. The van der Waals surface area contributed by atoms with Gasteiger partial charge in [-0.1, -0.05) is 263 Å². The summed E-state index contributed by atoms with van der Waals surface area (Å²) in [7, 11) is 0. The third kappa shape index (κ3) is 54.4. The predicted octanol–water partition coefficient (Wildman–Crippen LogP) is 19.7. The van der Waals surface area contributed by atoms with Crippen molar-refractivity contribution in [3.8, 4) is 0 Å². The van der Waals surface area contributed by atoms with Crippen LogP contribution in [0.1, 0.15) is 316 Å². The molecule has 0 saturated heterocycles. The lowest BCUT2D eigenvalue weighted by atomic mass is 10.0. The Labute approximate surface area is 416 Å². The van der Waals surface area contributed by atoms with Crippen molar-refractivity contribution in [1.29, 1.82) is 0 Å². The molecule has 0 aromatic heterocycles. The molecule has 6 nitrogen and oxygen atoms in total. The van der Waals surface area contributed by atoms with E-state index in [0.29, 0.717) is 19.3 Å². The maximum absolute atomic E-state index is 12.9. The fraction of sp³-hybridized carbons (Fsp3) is 0.852. The van der Waals surface area contributed by atoms with Crippen molar-refractivity contribution in [2.45, 2.75) is 322 Å². The molecular formula is C61H112O6. The Morgan fingerprint density at radius 3 is 0.866 bits per heavy atom. The molecular weight excluding hydrogens is 829 g/mol. The van der Waals surface area contributed by atoms with E-state index in [4.69, 9.17) is 14.2 Å². The molecule has 1 atom stereocenters. The molecule has 0 spiro atoms. The molecule has 0 bridgehead atoms. The van der Waals surface area contributed by atoms with Crippen LogP contribution in [-0.2, 0) is 28.6 Å². The van der Waals surface area contributed by atoms with Crippen LogP contribution in [0.4, 0.5) is 0 Å². The van der Waals surface area contributed by atoms with Crippen LogP contribution in [0.15, 0.2) is 36.5 Å². The van der Waals surface area contributed by atoms with Gasteiger partial charge in [-0.2, -0.15) is 0 Å². The van der Waals surface area contributed by atoms with E-state index in [1.807, 2.05) is 0 Å². The third-order valence-electron chi connectivity index (χ3n) is 13.1. The molecule has 0 fully saturated rings. The van der Waals surface area contributed by atoms with E-state index in [9.17, 15) is 14.4 Å². The molecule has 67 heavy (non-hydrogen) atoms. The van der Waals surface area contributed by atoms with Gasteiger partial charge in [0.05, 0.1) is 0 Å². The average molecular weight is 942 g/mol. The normalized spacial score (nSPS) is 12.2. The molecule has 0 aliphatic heterocycles. The van der Waals surface area contributed by atoms with Crippen molar-refractivity contribution in [2.24, 2.45) is 0 Å². The van der Waals surface area contributed by atoms with Crippen molar-refractivity contribution in [3.63, 3.8) is 0 Å². The molecule has 1 unspecified atom stereocenters. The number of rotatable bonds is 54. The number of hydrogen-bond acceptors (Lipinski definition) is 6. The van der Waals surface area contributed by atoms with Gasteiger partial charge in [-0.3, -0.25) is 14.4 Å². The number of ether oxygens (including phenoxy) is 3. The summed E-state index contributed by atoms with van der Waals surface area (Å²) in [6.45, 7) is 6.64. The Bertz CT molecular complexity index is 1130. The predicted molar refractivity (Wildman–Crippen MR) is 289 cm³/mol. The summed E-state index contributed by atoms with van der Waals surface area (Å²) in [6.07, 6.45) is 67.0. The molecule has 0 N–H and O–H groups in total. The largest absolute Gasteiger partial charge is 0.462 e. The van der Waals surface area contributed by atoms with E-state index in [1.165, 1.54) is 205 Å². The van der Waals surface area contributed by atoms with E-state index in [2.05, 4.69) is 57.2 Å². The minimum atomic E-state index is -0.777. The summed E-state index contributed by atoms with van der Waals surface area (Å²) in [6, 6.07) is 0. The summed E-state index contributed by atoms with van der Waals surface area (Å²) in [5, 5.41) is 0. The van der Waals surface area contributed by atoms with Gasteiger partial charge in [0.25, 0.3) is 0 Å². The molecule has 0 amide bonds. The second-order valence-electron chi connectivity index (χ2n) is 19.9. The quantitative estimate of drug-likeness (QED) is 0.0199. The number of allylic oxidation sites excluding steroid dienone is 6. The second kappa shape index (κ2) is 56.2. The van der Waals surface area contributed by atoms with Crippen molar-refractivity contribution in [2.75, 3.05) is 13.2 Å². The molecule has 0 saturated carbocycles. The fourth-order valence-electron chi connectivity index (χ4n) is 8.67. The van der Waals surface area contributed by atoms with Crippen molar-refractivity contribution in [3.05, 3.63) is 36.5 Å². The Kier molecular flexibility index (Phi) is 54.2. The van der Waals surface area contributed by atoms with Crippen LogP contribution in [0, 0.1) is 0 Å². The van der Waals surface area contributed by atoms with Gasteiger partial charge in [-0.05, 0) is 70.6 Å². The van der Waals surface area contributed by atoms with Crippen LogP contribution in [0.3, 0.4) is 0 Å². The SMILES string of the molecule is CCCCC/C=C\C=C/CCCCCCCCC(=O)OCC(COC(=O)CCCCCCC/C=C\CCCCCCCCCCC)OC(=O)CCCCCCCCCCCCCCCCCC. The van der Waals surface area contributed by atoms with Gasteiger partial charge in [0.15, 0.2) is 6.10 Å². The lowest BCUT2D eigenvalue weighted by Crippen LogP contribution is -2.30. The van der Waals surface area contributed by atoms with Gasteiger partial charge in [-0.15, -0.1) is 0 Å². The molecule has 0 heterocycles.